The van der Waals surface area contributed by atoms with Crippen molar-refractivity contribution in [2.24, 2.45) is 0 Å². The van der Waals surface area contributed by atoms with Gasteiger partial charge in [-0.2, -0.15) is 0 Å². The van der Waals surface area contributed by atoms with E-state index in [2.05, 4.69) is 109 Å². The summed E-state index contributed by atoms with van der Waals surface area (Å²) < 4.78 is 12.6. The predicted molar refractivity (Wildman–Crippen MR) is 261 cm³/mol. The third-order valence-corrected chi connectivity index (χ3v) is 13.4. The predicted octanol–water partition coefficient (Wildman–Crippen LogP) is 16.5. The zero-order valence-electron chi connectivity index (χ0n) is 38.7. The van der Waals surface area contributed by atoms with Crippen LogP contribution in [0.3, 0.4) is 0 Å². The normalized spacial score (nSPS) is 13.5. The van der Waals surface area contributed by atoms with E-state index in [-0.39, 0.29) is 0 Å². The minimum absolute atomic E-state index is 0.598. The first-order chi connectivity index (χ1) is 30.2. The van der Waals surface area contributed by atoms with Crippen molar-refractivity contribution in [2.75, 3.05) is 23.3 Å². The molecule has 0 fully saturated rings. The second-order valence-corrected chi connectivity index (χ2v) is 18.6. The first-order valence-electron chi connectivity index (χ1n) is 25.4. The summed E-state index contributed by atoms with van der Waals surface area (Å²) in [4.78, 5) is 4.68. The van der Waals surface area contributed by atoms with Gasteiger partial charge in [0.1, 0.15) is 11.5 Å². The van der Waals surface area contributed by atoms with Crippen molar-refractivity contribution >= 4 is 11.4 Å². The van der Waals surface area contributed by atoms with Crippen LogP contribution in [-0.4, -0.2) is 13.5 Å². The van der Waals surface area contributed by atoms with Gasteiger partial charge in [-0.05, 0) is 90.8 Å². The molecule has 0 spiro atoms. The number of rotatable bonds is 30. The second kappa shape index (κ2) is 27.2. The summed E-state index contributed by atoms with van der Waals surface area (Å²) in [5.74, 6) is 2.14. The van der Waals surface area contributed by atoms with Crippen LogP contribution in [0, 0.1) is 0 Å². The van der Waals surface area contributed by atoms with Crippen LogP contribution in [-0.2, 0) is 32.4 Å². The van der Waals surface area contributed by atoms with Gasteiger partial charge in [0.25, 0.3) is 0 Å². The van der Waals surface area contributed by atoms with Crippen LogP contribution < -0.4 is 19.3 Å². The summed E-state index contributed by atoms with van der Waals surface area (Å²) in [5, 5.41) is 0. The van der Waals surface area contributed by atoms with Crippen LogP contribution in [0.1, 0.15) is 201 Å². The Morgan fingerprint density at radius 1 is 0.361 bits per heavy atom. The lowest BCUT2D eigenvalue weighted by Crippen LogP contribution is -2.31. The maximum absolute atomic E-state index is 6.31. The van der Waals surface area contributed by atoms with E-state index in [1.807, 2.05) is 0 Å². The molecule has 0 atom stereocenters. The molecule has 0 aliphatic carbocycles. The number of unbranched alkanes of at least 4 members (excludes halogenated alkanes) is 22. The highest BCUT2D eigenvalue weighted by molar-refractivity contribution is 5.54. The lowest BCUT2D eigenvalue weighted by atomic mass is 10.0. The molecule has 0 N–H and O–H groups in total. The van der Waals surface area contributed by atoms with Crippen LogP contribution in [0.4, 0.5) is 11.4 Å². The van der Waals surface area contributed by atoms with Gasteiger partial charge < -0.3 is 19.3 Å². The molecular weight excluding hydrogens is 745 g/mol. The third-order valence-electron chi connectivity index (χ3n) is 13.4. The van der Waals surface area contributed by atoms with Gasteiger partial charge in [-0.3, -0.25) is 0 Å². The largest absolute Gasteiger partial charge is 0.473 e. The molecule has 4 nitrogen and oxygen atoms in total. The zero-order valence-corrected chi connectivity index (χ0v) is 38.7. The first-order valence-corrected chi connectivity index (χ1v) is 25.4. The van der Waals surface area contributed by atoms with Gasteiger partial charge in [0, 0.05) is 35.6 Å². The van der Waals surface area contributed by atoms with Gasteiger partial charge in [-0.15, -0.1) is 0 Å². The Hall–Kier alpha value is -3.92. The molecule has 0 unspecified atom stereocenters. The van der Waals surface area contributed by atoms with Crippen LogP contribution in [0.25, 0.3) is 0 Å². The van der Waals surface area contributed by atoms with Crippen LogP contribution in [0.2, 0.25) is 0 Å². The average molecular weight is 827 g/mol. The lowest BCUT2D eigenvalue weighted by molar-refractivity contribution is 0.289. The number of anilines is 2. The molecular formula is C57H82N2O2. The Labute approximate surface area is 372 Å². The highest BCUT2D eigenvalue weighted by Crippen LogP contribution is 2.32. The minimum atomic E-state index is 0.598. The molecule has 0 bridgehead atoms. The Balaban J connectivity index is 0.849. The quantitative estimate of drug-likeness (QED) is 0.0489. The van der Waals surface area contributed by atoms with Crippen LogP contribution in [0.5, 0.6) is 11.5 Å². The molecule has 0 aromatic heterocycles. The zero-order chi connectivity index (χ0) is 42.2. The fraction of sp³-hybridized carbons (Fsp3) is 0.579. The summed E-state index contributed by atoms with van der Waals surface area (Å²) in [6.45, 7) is 7.57. The van der Waals surface area contributed by atoms with E-state index in [9.17, 15) is 0 Å². The van der Waals surface area contributed by atoms with E-state index in [1.165, 1.54) is 199 Å². The van der Waals surface area contributed by atoms with Crippen molar-refractivity contribution < 1.29 is 9.47 Å². The van der Waals surface area contributed by atoms with Crippen molar-refractivity contribution in [1.82, 2.24) is 0 Å². The fourth-order valence-corrected chi connectivity index (χ4v) is 9.39. The van der Waals surface area contributed by atoms with Gasteiger partial charge in [0.2, 0.25) is 0 Å². The number of ether oxygens (including phenoxy) is 2. The minimum Gasteiger partial charge on any atom is -0.473 e. The van der Waals surface area contributed by atoms with E-state index >= 15 is 0 Å². The van der Waals surface area contributed by atoms with E-state index in [0.717, 1.165) is 43.9 Å². The molecule has 2 aliphatic rings. The number of hydrogen-bond donors (Lipinski definition) is 0. The van der Waals surface area contributed by atoms with Crippen molar-refractivity contribution in [2.45, 2.75) is 200 Å². The SMILES string of the molecule is CCCCCCCCCCCCCCc1ccc2c(c1)OCN(c1ccc(Cc3ccc(N4COc5cc(CCCCCCCCCCCCCC)ccc5C4)cc3)cc1)C2. The highest BCUT2D eigenvalue weighted by atomic mass is 16.5. The van der Waals surface area contributed by atoms with Crippen molar-refractivity contribution in [3.05, 3.63) is 118 Å². The second-order valence-electron chi connectivity index (χ2n) is 18.6. The molecule has 2 heterocycles. The first kappa shape index (κ1) is 46.6. The Morgan fingerprint density at radius 3 is 1.02 bits per heavy atom. The van der Waals surface area contributed by atoms with Gasteiger partial charge in [-0.25, -0.2) is 0 Å². The number of benzene rings is 4. The monoisotopic (exact) mass is 827 g/mol. The van der Waals surface area contributed by atoms with Gasteiger partial charge in [0.05, 0.1) is 0 Å². The lowest BCUT2D eigenvalue weighted by Gasteiger charge is -2.31. The molecule has 2 aliphatic heterocycles. The van der Waals surface area contributed by atoms with E-state index < -0.39 is 0 Å². The summed E-state index contributed by atoms with van der Waals surface area (Å²) >= 11 is 0. The van der Waals surface area contributed by atoms with Gasteiger partial charge >= 0.3 is 0 Å². The summed E-state index contributed by atoms with van der Waals surface area (Å²) in [5.41, 5.74) is 10.5. The van der Waals surface area contributed by atoms with E-state index in [0.29, 0.717) is 13.5 Å². The highest BCUT2D eigenvalue weighted by Gasteiger charge is 2.20. The Morgan fingerprint density at radius 2 is 0.672 bits per heavy atom. The molecule has 332 valence electrons. The number of hydrogen-bond acceptors (Lipinski definition) is 4. The van der Waals surface area contributed by atoms with Crippen molar-refractivity contribution in [1.29, 1.82) is 0 Å². The summed E-state index contributed by atoms with van der Waals surface area (Å²) in [7, 11) is 0. The molecule has 61 heavy (non-hydrogen) atoms. The summed E-state index contributed by atoms with van der Waals surface area (Å²) in [6, 6.07) is 32.0. The van der Waals surface area contributed by atoms with E-state index in [1.54, 1.807) is 0 Å². The molecule has 0 radical (unpaired) electrons. The van der Waals surface area contributed by atoms with Gasteiger partial charge in [0.15, 0.2) is 13.5 Å². The number of fused-ring (bicyclic) bond motifs is 2. The van der Waals surface area contributed by atoms with Crippen LogP contribution in [0.15, 0.2) is 84.9 Å². The maximum Gasteiger partial charge on any atom is 0.161 e. The number of nitrogens with zero attached hydrogens (tertiary/aromatic N) is 2. The Kier molecular flexibility index (Phi) is 20.8. The van der Waals surface area contributed by atoms with Gasteiger partial charge in [-0.1, -0.05) is 204 Å². The molecule has 4 heteroatoms. The molecule has 4 aromatic rings. The topological polar surface area (TPSA) is 24.9 Å². The van der Waals surface area contributed by atoms with Crippen molar-refractivity contribution in [3.8, 4) is 11.5 Å². The average Bonchev–Trinajstić information content (AvgIpc) is 3.30. The smallest absolute Gasteiger partial charge is 0.161 e. The van der Waals surface area contributed by atoms with E-state index in [4.69, 9.17) is 9.47 Å². The molecule has 0 saturated heterocycles. The fourth-order valence-electron chi connectivity index (χ4n) is 9.39. The standard InChI is InChI=1S/C57H82N2O2/c1-3-5-7-9-11-13-15-17-19-21-23-25-27-48-29-35-52-44-58(46-60-56(52)42-48)54-37-31-50(32-38-54)41-51-33-39-55(40-34-51)59-45-53-36-30-49(43-57(53)61-47-59)28-26-24-22-20-18-16-14-12-10-8-6-4-2/h29-40,42-43H,3-28,41,44-47H2,1-2H3. The number of aryl methyl sites for hydroxylation is 2. The molecule has 0 amide bonds. The Bertz CT molecular complexity index is 1650. The van der Waals surface area contributed by atoms with Crippen LogP contribution >= 0.6 is 0 Å². The molecule has 0 saturated carbocycles. The maximum atomic E-state index is 6.31. The van der Waals surface area contributed by atoms with Crippen molar-refractivity contribution in [3.63, 3.8) is 0 Å². The third kappa shape index (κ3) is 16.4. The summed E-state index contributed by atoms with van der Waals surface area (Å²) in [6.07, 6.45) is 36.7. The molecule has 6 rings (SSSR count). The molecule has 4 aromatic carbocycles.